The Morgan fingerprint density at radius 1 is 1.08 bits per heavy atom. The molecule has 0 radical (unpaired) electrons. The molecule has 1 aliphatic carbocycles. The Balaban J connectivity index is 1.30. The molecule has 3 aliphatic rings. The third kappa shape index (κ3) is 4.84. The van der Waals surface area contributed by atoms with Crippen LogP contribution in [0, 0.1) is 39.9 Å². The van der Waals surface area contributed by atoms with Crippen LogP contribution in [0.25, 0.3) is 0 Å². The molecule has 3 fully saturated rings. The summed E-state index contributed by atoms with van der Waals surface area (Å²) in [7, 11) is 0. The van der Waals surface area contributed by atoms with Crippen LogP contribution in [0.1, 0.15) is 36.8 Å². The van der Waals surface area contributed by atoms with Crippen LogP contribution in [-0.2, 0) is 9.59 Å². The number of pyridine rings is 1. The van der Waals surface area contributed by atoms with Gasteiger partial charge in [-0.15, -0.1) is 0 Å². The number of carbonyl (C=O) groups excluding carboxylic acids is 2. The zero-order chi connectivity index (χ0) is 26.3. The maximum Gasteiger partial charge on any atom is 0.243 e. The lowest BCUT2D eigenvalue weighted by molar-refractivity contribution is -0.150. The normalized spacial score (nSPS) is 22.9. The van der Waals surface area contributed by atoms with Gasteiger partial charge in [0.15, 0.2) is 0 Å². The second-order valence-electron chi connectivity index (χ2n) is 10.1. The van der Waals surface area contributed by atoms with Gasteiger partial charge in [0.2, 0.25) is 17.7 Å². The van der Waals surface area contributed by atoms with Crippen molar-refractivity contribution in [1.82, 2.24) is 14.8 Å². The van der Waals surface area contributed by atoms with Crippen LogP contribution in [0.5, 0.6) is 5.88 Å². The van der Waals surface area contributed by atoms with E-state index >= 15 is 0 Å². The summed E-state index contributed by atoms with van der Waals surface area (Å²) < 4.78 is 6.14. The smallest absolute Gasteiger partial charge is 0.243 e. The van der Waals surface area contributed by atoms with Crippen LogP contribution < -0.4 is 4.74 Å². The van der Waals surface area contributed by atoms with Crippen molar-refractivity contribution >= 4 is 35.0 Å². The van der Waals surface area contributed by atoms with Gasteiger partial charge in [-0.25, -0.2) is 4.98 Å². The first-order chi connectivity index (χ1) is 17.7. The molecule has 2 aliphatic heterocycles. The Kier molecular flexibility index (Phi) is 6.74. The number of benzene rings is 1. The molecule has 2 aromatic rings. The molecule has 1 aromatic carbocycles. The van der Waals surface area contributed by atoms with E-state index in [1.807, 2.05) is 30.0 Å². The van der Waals surface area contributed by atoms with Crippen LogP contribution in [0.4, 0.5) is 0 Å². The van der Waals surface area contributed by atoms with E-state index in [0.29, 0.717) is 60.5 Å². The molecular weight excluding hydrogens is 513 g/mol. The molecule has 0 bridgehead atoms. The van der Waals surface area contributed by atoms with Crippen molar-refractivity contribution in [1.29, 1.82) is 10.5 Å². The number of rotatable bonds is 6. The number of nitriles is 2. The second-order valence-corrected chi connectivity index (χ2v) is 10.9. The van der Waals surface area contributed by atoms with Gasteiger partial charge in [0, 0.05) is 50.3 Å². The van der Waals surface area contributed by atoms with Crippen molar-refractivity contribution in [2.75, 3.05) is 26.2 Å². The fourth-order valence-electron chi connectivity index (χ4n) is 5.23. The number of carbonyl (C=O) groups is 2. The van der Waals surface area contributed by atoms with Crippen molar-refractivity contribution in [2.45, 2.75) is 31.8 Å². The molecule has 8 nitrogen and oxygen atoms in total. The number of amides is 2. The predicted octanol–water partition coefficient (Wildman–Crippen LogP) is 4.03. The summed E-state index contributed by atoms with van der Waals surface area (Å²) >= 11 is 12.5. The van der Waals surface area contributed by atoms with E-state index in [1.165, 1.54) is 6.20 Å². The second kappa shape index (κ2) is 9.85. The lowest BCUT2D eigenvalue weighted by Gasteiger charge is -2.41. The molecule has 1 saturated carbocycles. The fraction of sp³-hybridized carbons (Fsp3) is 0.444. The summed E-state index contributed by atoms with van der Waals surface area (Å²) in [6.07, 6.45) is 2.37. The molecule has 5 rings (SSSR count). The van der Waals surface area contributed by atoms with Crippen molar-refractivity contribution < 1.29 is 14.3 Å². The van der Waals surface area contributed by atoms with Crippen LogP contribution in [0.2, 0.25) is 10.0 Å². The molecule has 190 valence electrons. The number of nitrogens with zero attached hydrogens (tertiary/aromatic N) is 5. The molecule has 1 aromatic heterocycles. The molecule has 2 amide bonds. The minimum Gasteiger partial charge on any atom is -0.474 e. The molecule has 10 heteroatoms. The van der Waals surface area contributed by atoms with E-state index in [9.17, 15) is 14.9 Å². The van der Waals surface area contributed by atoms with Crippen molar-refractivity contribution in [3.05, 3.63) is 57.7 Å². The number of halogens is 2. The lowest BCUT2D eigenvalue weighted by atomic mass is 9.86. The SMILES string of the molecule is CC(Oc1ccc(C#N)cn1)C1CN(C(=O)C2CN(C(=O)C3(C#N)CC3)C2)CC1c1ccc(Cl)c(Cl)c1. The number of likely N-dealkylation sites (tertiary alicyclic amines) is 2. The number of ether oxygens (including phenoxy) is 1. The van der Waals surface area contributed by atoms with E-state index in [-0.39, 0.29) is 35.7 Å². The summed E-state index contributed by atoms with van der Waals surface area (Å²) in [5, 5.41) is 19.2. The first kappa shape index (κ1) is 25.3. The zero-order valence-corrected chi connectivity index (χ0v) is 21.7. The van der Waals surface area contributed by atoms with Crippen molar-refractivity contribution in [3.8, 4) is 18.0 Å². The molecule has 0 spiro atoms. The Hall–Kier alpha value is -3.33. The Bertz CT molecular complexity index is 1310. The summed E-state index contributed by atoms with van der Waals surface area (Å²) in [5.74, 6) is -0.110. The van der Waals surface area contributed by atoms with E-state index < -0.39 is 5.41 Å². The van der Waals surface area contributed by atoms with Gasteiger partial charge in [-0.2, -0.15) is 10.5 Å². The first-order valence-corrected chi connectivity index (χ1v) is 13.0. The summed E-state index contributed by atoms with van der Waals surface area (Å²) in [6, 6.07) is 13.0. The van der Waals surface area contributed by atoms with Crippen LogP contribution in [0.15, 0.2) is 36.5 Å². The van der Waals surface area contributed by atoms with Crippen LogP contribution >= 0.6 is 23.2 Å². The summed E-state index contributed by atoms with van der Waals surface area (Å²) in [6.45, 7) is 3.61. The highest BCUT2D eigenvalue weighted by molar-refractivity contribution is 6.42. The average Bonchev–Trinajstić information content (AvgIpc) is 3.55. The van der Waals surface area contributed by atoms with Gasteiger partial charge in [0.05, 0.1) is 27.6 Å². The molecule has 0 N–H and O–H groups in total. The zero-order valence-electron chi connectivity index (χ0n) is 20.2. The average molecular weight is 538 g/mol. The van der Waals surface area contributed by atoms with E-state index in [0.717, 1.165) is 5.56 Å². The highest BCUT2D eigenvalue weighted by atomic mass is 35.5. The van der Waals surface area contributed by atoms with E-state index in [4.69, 9.17) is 33.2 Å². The van der Waals surface area contributed by atoms with Gasteiger partial charge in [-0.1, -0.05) is 29.3 Å². The molecular formula is C27H25Cl2N5O3. The van der Waals surface area contributed by atoms with Gasteiger partial charge in [-0.3, -0.25) is 9.59 Å². The van der Waals surface area contributed by atoms with Crippen molar-refractivity contribution in [3.63, 3.8) is 0 Å². The van der Waals surface area contributed by atoms with Gasteiger partial charge in [-0.05, 0) is 43.5 Å². The van der Waals surface area contributed by atoms with Gasteiger partial charge >= 0.3 is 0 Å². The Morgan fingerprint density at radius 3 is 2.43 bits per heavy atom. The Morgan fingerprint density at radius 2 is 1.84 bits per heavy atom. The number of hydrogen-bond acceptors (Lipinski definition) is 6. The largest absolute Gasteiger partial charge is 0.474 e. The van der Waals surface area contributed by atoms with Gasteiger partial charge < -0.3 is 14.5 Å². The molecule has 3 heterocycles. The van der Waals surface area contributed by atoms with Crippen LogP contribution in [-0.4, -0.2) is 58.9 Å². The topological polar surface area (TPSA) is 110 Å². The van der Waals surface area contributed by atoms with Crippen LogP contribution in [0.3, 0.4) is 0 Å². The quantitative estimate of drug-likeness (QED) is 0.549. The molecule has 37 heavy (non-hydrogen) atoms. The minimum absolute atomic E-state index is 0.00196. The maximum absolute atomic E-state index is 13.4. The lowest BCUT2D eigenvalue weighted by Crippen LogP contribution is -2.57. The standard InChI is InChI=1S/C27H25Cl2N5O3/c1-16(37-24-5-2-17(9-30)10-32-24)20-13-33(14-21(20)18-3-4-22(28)23(29)8-18)25(35)19-11-34(12-19)26(36)27(15-31)6-7-27/h2-5,8,10,16,19-21H,6-7,11-14H2,1H3. The van der Waals surface area contributed by atoms with E-state index in [1.54, 1.807) is 23.1 Å². The number of aromatic nitrogens is 1. The Labute approximate surface area is 225 Å². The molecule has 2 saturated heterocycles. The molecule has 3 unspecified atom stereocenters. The summed E-state index contributed by atoms with van der Waals surface area (Å²) in [5.41, 5.74) is 0.549. The third-order valence-corrected chi connectivity index (χ3v) is 8.45. The minimum atomic E-state index is -0.863. The summed E-state index contributed by atoms with van der Waals surface area (Å²) in [4.78, 5) is 33.7. The molecule has 3 atom stereocenters. The highest BCUT2D eigenvalue weighted by Gasteiger charge is 2.55. The van der Waals surface area contributed by atoms with Gasteiger partial charge in [0.1, 0.15) is 17.6 Å². The highest BCUT2D eigenvalue weighted by Crippen LogP contribution is 2.47. The predicted molar refractivity (Wildman–Crippen MR) is 136 cm³/mol. The number of hydrogen-bond donors (Lipinski definition) is 0. The maximum atomic E-state index is 13.4. The first-order valence-electron chi connectivity index (χ1n) is 12.2. The van der Waals surface area contributed by atoms with Gasteiger partial charge in [0.25, 0.3) is 0 Å². The van der Waals surface area contributed by atoms with E-state index in [2.05, 4.69) is 11.1 Å². The fourth-order valence-corrected chi connectivity index (χ4v) is 5.54. The third-order valence-electron chi connectivity index (χ3n) is 7.72. The monoisotopic (exact) mass is 537 g/mol. The van der Waals surface area contributed by atoms with Crippen molar-refractivity contribution in [2.24, 2.45) is 17.3 Å².